The first-order valence-electron chi connectivity index (χ1n) is 8.39. The van der Waals surface area contributed by atoms with Gasteiger partial charge in [0.1, 0.15) is 12.4 Å². The standard InChI is InChI=1S/C20H16ClNO5S/c1-2-22-18(23)17(28-20(22)26)10-13-5-8-16(15(21)9-13)27-11-12-3-6-14(7-4-12)19(24)25/h3-10H,2,11H2,1H3,(H,24,25)/b17-10-. The number of carbonyl (C=O) groups is 3. The van der Waals surface area contributed by atoms with Crippen LogP contribution in [0.3, 0.4) is 0 Å². The Hall–Kier alpha value is -2.77. The van der Waals surface area contributed by atoms with Crippen molar-refractivity contribution in [3.63, 3.8) is 0 Å². The Balaban J connectivity index is 1.69. The molecule has 2 aromatic carbocycles. The summed E-state index contributed by atoms with van der Waals surface area (Å²) >= 11 is 7.17. The van der Waals surface area contributed by atoms with Crippen LogP contribution in [-0.4, -0.2) is 33.7 Å². The molecule has 28 heavy (non-hydrogen) atoms. The van der Waals surface area contributed by atoms with Gasteiger partial charge in [-0.25, -0.2) is 4.79 Å². The predicted octanol–water partition coefficient (Wildman–Crippen LogP) is 4.67. The molecule has 6 nitrogen and oxygen atoms in total. The molecular weight excluding hydrogens is 402 g/mol. The number of aromatic carboxylic acids is 1. The normalized spacial score (nSPS) is 15.4. The van der Waals surface area contributed by atoms with E-state index in [-0.39, 0.29) is 23.3 Å². The Kier molecular flexibility index (Phi) is 6.06. The maximum atomic E-state index is 12.2. The van der Waals surface area contributed by atoms with E-state index in [4.69, 9.17) is 21.4 Å². The number of carboxylic acid groups (broad SMARTS) is 1. The Morgan fingerprint density at radius 2 is 1.93 bits per heavy atom. The molecule has 0 bridgehead atoms. The summed E-state index contributed by atoms with van der Waals surface area (Å²) in [4.78, 5) is 36.3. The molecule has 1 aliphatic heterocycles. The van der Waals surface area contributed by atoms with Gasteiger partial charge in [-0.1, -0.05) is 29.8 Å². The van der Waals surface area contributed by atoms with Crippen LogP contribution in [0.1, 0.15) is 28.4 Å². The molecule has 8 heteroatoms. The number of benzene rings is 2. The van der Waals surface area contributed by atoms with E-state index in [1.807, 2.05) is 0 Å². The van der Waals surface area contributed by atoms with Crippen LogP contribution in [-0.2, 0) is 11.4 Å². The molecule has 1 heterocycles. The zero-order chi connectivity index (χ0) is 20.3. The average molecular weight is 418 g/mol. The molecule has 0 aromatic heterocycles. The van der Waals surface area contributed by atoms with Crippen molar-refractivity contribution in [2.75, 3.05) is 6.54 Å². The largest absolute Gasteiger partial charge is 0.487 e. The summed E-state index contributed by atoms with van der Waals surface area (Å²) in [6.45, 7) is 2.31. The minimum Gasteiger partial charge on any atom is -0.487 e. The predicted molar refractivity (Wildman–Crippen MR) is 108 cm³/mol. The minimum atomic E-state index is -0.983. The van der Waals surface area contributed by atoms with Crippen LogP contribution >= 0.6 is 23.4 Å². The summed E-state index contributed by atoms with van der Waals surface area (Å²) in [5.74, 6) is -0.829. The van der Waals surface area contributed by atoms with Crippen LogP contribution in [0.4, 0.5) is 4.79 Å². The second-order valence-corrected chi connectivity index (χ2v) is 7.31. The molecule has 2 amide bonds. The topological polar surface area (TPSA) is 83.9 Å². The number of halogens is 1. The van der Waals surface area contributed by atoms with Gasteiger partial charge in [0, 0.05) is 6.54 Å². The number of thioether (sulfide) groups is 1. The summed E-state index contributed by atoms with van der Waals surface area (Å²) in [6, 6.07) is 11.5. The van der Waals surface area contributed by atoms with Gasteiger partial charge in [-0.3, -0.25) is 14.5 Å². The number of imide groups is 1. The second-order valence-electron chi connectivity index (χ2n) is 5.91. The maximum Gasteiger partial charge on any atom is 0.335 e. The molecule has 0 spiro atoms. The van der Waals surface area contributed by atoms with E-state index in [9.17, 15) is 14.4 Å². The summed E-state index contributed by atoms with van der Waals surface area (Å²) in [5, 5.41) is 9.00. The molecule has 1 fully saturated rings. The highest BCUT2D eigenvalue weighted by molar-refractivity contribution is 8.18. The fraction of sp³-hybridized carbons (Fsp3) is 0.150. The van der Waals surface area contributed by atoms with Crippen LogP contribution in [0.25, 0.3) is 6.08 Å². The number of amides is 2. The van der Waals surface area contributed by atoms with Crippen LogP contribution in [0.15, 0.2) is 47.4 Å². The number of likely N-dealkylation sites (N-methyl/N-ethyl adjacent to an activating group) is 1. The lowest BCUT2D eigenvalue weighted by atomic mass is 10.1. The molecule has 0 radical (unpaired) electrons. The number of nitrogens with zero attached hydrogens (tertiary/aromatic N) is 1. The summed E-state index contributed by atoms with van der Waals surface area (Å²) in [7, 11) is 0. The van der Waals surface area contributed by atoms with E-state index in [0.29, 0.717) is 27.8 Å². The molecule has 1 aliphatic rings. The Morgan fingerprint density at radius 1 is 1.21 bits per heavy atom. The smallest absolute Gasteiger partial charge is 0.335 e. The van der Waals surface area contributed by atoms with Gasteiger partial charge in [-0.05, 0) is 60.2 Å². The van der Waals surface area contributed by atoms with Crippen molar-refractivity contribution in [3.8, 4) is 5.75 Å². The number of hydrogen-bond acceptors (Lipinski definition) is 5. The first kappa shape index (κ1) is 20.0. The zero-order valence-electron chi connectivity index (χ0n) is 14.8. The fourth-order valence-electron chi connectivity index (χ4n) is 2.55. The van der Waals surface area contributed by atoms with Crippen molar-refractivity contribution in [1.29, 1.82) is 0 Å². The fourth-order valence-corrected chi connectivity index (χ4v) is 3.70. The van der Waals surface area contributed by atoms with Gasteiger partial charge in [0.05, 0.1) is 15.5 Å². The number of rotatable bonds is 6. The molecular formula is C20H16ClNO5S. The van der Waals surface area contributed by atoms with Crippen molar-refractivity contribution in [2.45, 2.75) is 13.5 Å². The molecule has 0 saturated carbocycles. The second kappa shape index (κ2) is 8.50. The quantitative estimate of drug-likeness (QED) is 0.687. The van der Waals surface area contributed by atoms with Gasteiger partial charge >= 0.3 is 5.97 Å². The molecule has 3 rings (SSSR count). The van der Waals surface area contributed by atoms with Crippen LogP contribution in [0.2, 0.25) is 5.02 Å². The Bertz CT molecular complexity index is 971. The number of ether oxygens (including phenoxy) is 1. The first-order chi connectivity index (χ1) is 13.4. The van der Waals surface area contributed by atoms with Gasteiger partial charge in [-0.2, -0.15) is 0 Å². The summed E-state index contributed by atoms with van der Waals surface area (Å²) < 4.78 is 5.69. The molecule has 0 aliphatic carbocycles. The molecule has 144 valence electrons. The third kappa shape index (κ3) is 4.37. The SMILES string of the molecule is CCN1C(=O)S/C(=C\c2ccc(OCc3ccc(C(=O)O)cc3)c(Cl)c2)C1=O. The van der Waals surface area contributed by atoms with Crippen LogP contribution in [0, 0.1) is 0 Å². The first-order valence-corrected chi connectivity index (χ1v) is 9.58. The highest BCUT2D eigenvalue weighted by atomic mass is 35.5. The van der Waals surface area contributed by atoms with Crippen molar-refractivity contribution in [2.24, 2.45) is 0 Å². The maximum absolute atomic E-state index is 12.2. The molecule has 0 unspecified atom stereocenters. The number of hydrogen-bond donors (Lipinski definition) is 1. The van der Waals surface area contributed by atoms with Gasteiger partial charge in [0.2, 0.25) is 0 Å². The third-order valence-electron chi connectivity index (χ3n) is 4.04. The zero-order valence-corrected chi connectivity index (χ0v) is 16.4. The highest BCUT2D eigenvalue weighted by Crippen LogP contribution is 2.33. The lowest BCUT2D eigenvalue weighted by Gasteiger charge is -2.09. The minimum absolute atomic E-state index is 0.207. The summed E-state index contributed by atoms with van der Waals surface area (Å²) in [5.41, 5.74) is 1.70. The van der Waals surface area contributed by atoms with Crippen LogP contribution in [0.5, 0.6) is 5.75 Å². The van der Waals surface area contributed by atoms with Crippen molar-refractivity contribution >= 4 is 46.6 Å². The highest BCUT2D eigenvalue weighted by Gasteiger charge is 2.33. The van der Waals surface area contributed by atoms with E-state index in [2.05, 4.69) is 0 Å². The average Bonchev–Trinajstić information content (AvgIpc) is 2.94. The van der Waals surface area contributed by atoms with Gasteiger partial charge in [0.15, 0.2) is 0 Å². The van der Waals surface area contributed by atoms with Crippen molar-refractivity contribution in [1.82, 2.24) is 4.90 Å². The molecule has 1 N–H and O–H groups in total. The van der Waals surface area contributed by atoms with Gasteiger partial charge in [-0.15, -0.1) is 0 Å². The molecule has 0 atom stereocenters. The van der Waals surface area contributed by atoms with E-state index in [1.165, 1.54) is 17.0 Å². The van der Waals surface area contributed by atoms with Crippen molar-refractivity contribution < 1.29 is 24.2 Å². The van der Waals surface area contributed by atoms with Crippen molar-refractivity contribution in [3.05, 3.63) is 69.1 Å². The van der Waals surface area contributed by atoms with E-state index >= 15 is 0 Å². The lowest BCUT2D eigenvalue weighted by Crippen LogP contribution is -2.27. The number of carbonyl (C=O) groups excluding carboxylic acids is 2. The van der Waals surface area contributed by atoms with E-state index < -0.39 is 5.97 Å². The van der Waals surface area contributed by atoms with Crippen LogP contribution < -0.4 is 4.74 Å². The van der Waals surface area contributed by atoms with Gasteiger partial charge < -0.3 is 9.84 Å². The van der Waals surface area contributed by atoms with E-state index in [0.717, 1.165) is 17.3 Å². The number of carboxylic acids is 1. The third-order valence-corrected chi connectivity index (χ3v) is 5.24. The Morgan fingerprint density at radius 3 is 2.50 bits per heavy atom. The van der Waals surface area contributed by atoms with E-state index in [1.54, 1.807) is 43.3 Å². The molecule has 1 saturated heterocycles. The monoisotopic (exact) mass is 417 g/mol. The van der Waals surface area contributed by atoms with Gasteiger partial charge in [0.25, 0.3) is 11.1 Å². The molecule has 2 aromatic rings. The lowest BCUT2D eigenvalue weighted by molar-refractivity contribution is -0.122. The summed E-state index contributed by atoms with van der Waals surface area (Å²) in [6.07, 6.45) is 1.63. The Labute approximate surface area is 170 Å².